The van der Waals surface area contributed by atoms with Crippen molar-refractivity contribution in [1.82, 2.24) is 0 Å². The number of fused-ring (bicyclic) bond motifs is 1. The topological polar surface area (TPSA) is 69.9 Å². The third kappa shape index (κ3) is 5.90. The highest BCUT2D eigenvalue weighted by Crippen LogP contribution is 2.58. The quantitative estimate of drug-likeness (QED) is 0.444. The smallest absolute Gasteiger partial charge is 0.0811 e. The van der Waals surface area contributed by atoms with Crippen molar-refractivity contribution in [2.24, 2.45) is 17.3 Å². The molecular formula is C27H44O4. The molecule has 0 aromatic rings. The van der Waals surface area contributed by atoms with E-state index in [0.29, 0.717) is 36.7 Å². The van der Waals surface area contributed by atoms with Crippen LogP contribution in [-0.4, -0.2) is 46.8 Å². The van der Waals surface area contributed by atoms with Gasteiger partial charge in [-0.1, -0.05) is 44.1 Å². The third-order valence-corrected chi connectivity index (χ3v) is 8.30. The molecule has 0 aromatic heterocycles. The minimum atomic E-state index is -0.623. The molecule has 0 radical (unpaired) electrons. The zero-order valence-electron chi connectivity index (χ0n) is 19.7. The maximum Gasteiger partial charge on any atom is 0.0811 e. The Morgan fingerprint density at radius 2 is 1.94 bits per heavy atom. The number of aliphatic hydroxyl groups excluding tert-OH is 3. The molecule has 31 heavy (non-hydrogen) atoms. The van der Waals surface area contributed by atoms with E-state index in [1.165, 1.54) is 31.3 Å². The van der Waals surface area contributed by atoms with Crippen LogP contribution in [0.5, 0.6) is 0 Å². The number of allylic oxidation sites excluding steroid dienone is 3. The summed E-state index contributed by atoms with van der Waals surface area (Å²) in [6.07, 6.45) is 14.9. The van der Waals surface area contributed by atoms with Crippen molar-refractivity contribution < 1.29 is 20.1 Å². The number of ether oxygens (including phenoxy) is 1. The van der Waals surface area contributed by atoms with Gasteiger partial charge in [0, 0.05) is 19.6 Å². The van der Waals surface area contributed by atoms with Crippen molar-refractivity contribution in [3.8, 4) is 0 Å². The number of unbranched alkanes of at least 4 members (excludes halogenated alkanes) is 3. The molecule has 4 heteroatoms. The monoisotopic (exact) mass is 432 g/mol. The molecule has 176 valence electrons. The zero-order valence-corrected chi connectivity index (χ0v) is 19.7. The van der Waals surface area contributed by atoms with E-state index in [1.54, 1.807) is 0 Å². The lowest BCUT2D eigenvalue weighted by Gasteiger charge is -2.44. The molecule has 3 rings (SSSR count). The van der Waals surface area contributed by atoms with E-state index in [4.69, 9.17) is 9.84 Å². The van der Waals surface area contributed by atoms with Gasteiger partial charge in [-0.2, -0.15) is 0 Å². The Bertz CT molecular complexity index is 666. The molecule has 0 spiro atoms. The second-order valence-electron chi connectivity index (χ2n) is 10.4. The minimum absolute atomic E-state index is 0.286. The highest BCUT2D eigenvalue weighted by molar-refractivity contribution is 5.38. The highest BCUT2D eigenvalue weighted by Gasteiger charge is 2.51. The Hall–Kier alpha value is -0.940. The summed E-state index contributed by atoms with van der Waals surface area (Å²) in [5, 5.41) is 29.1. The maximum absolute atomic E-state index is 10.1. The van der Waals surface area contributed by atoms with Crippen LogP contribution in [0.25, 0.3) is 0 Å². The largest absolute Gasteiger partial charge is 0.396 e. The molecule has 3 N–H and O–H groups in total. The highest BCUT2D eigenvalue weighted by atomic mass is 16.5. The number of rotatable bonds is 9. The van der Waals surface area contributed by atoms with Gasteiger partial charge in [0.2, 0.25) is 0 Å². The van der Waals surface area contributed by atoms with Crippen molar-refractivity contribution in [2.75, 3.05) is 13.2 Å². The van der Waals surface area contributed by atoms with Crippen LogP contribution in [-0.2, 0) is 4.74 Å². The van der Waals surface area contributed by atoms with E-state index in [1.807, 2.05) is 0 Å². The van der Waals surface area contributed by atoms with Crippen molar-refractivity contribution in [1.29, 1.82) is 0 Å². The Balaban J connectivity index is 1.62. The van der Waals surface area contributed by atoms with Crippen LogP contribution in [0.4, 0.5) is 0 Å². The van der Waals surface area contributed by atoms with Gasteiger partial charge in [0.15, 0.2) is 0 Å². The van der Waals surface area contributed by atoms with Crippen LogP contribution < -0.4 is 0 Å². The molecule has 0 amide bonds. The summed E-state index contributed by atoms with van der Waals surface area (Å²) in [5.74, 6) is 1.20. The lowest BCUT2D eigenvalue weighted by Crippen LogP contribution is -2.38. The van der Waals surface area contributed by atoms with Crippen LogP contribution >= 0.6 is 0 Å². The first-order chi connectivity index (χ1) is 14.9. The SMILES string of the molecule is C=C1/C(=C\C=C2/CCC[C@]3(C)[C@@H]([C@@H](C)OCCCCCCO)CC[C@@H]23)C[C@@H](O)C[C@@H]1O. The molecule has 3 fully saturated rings. The molecule has 3 saturated carbocycles. The number of aliphatic hydroxyl groups is 3. The predicted molar refractivity (Wildman–Crippen MR) is 126 cm³/mol. The van der Waals surface area contributed by atoms with E-state index < -0.39 is 12.2 Å². The summed E-state index contributed by atoms with van der Waals surface area (Å²) < 4.78 is 6.29. The molecule has 0 aliphatic heterocycles. The lowest BCUT2D eigenvalue weighted by molar-refractivity contribution is -0.0261. The summed E-state index contributed by atoms with van der Waals surface area (Å²) in [6, 6.07) is 0. The first-order valence-corrected chi connectivity index (χ1v) is 12.5. The molecule has 0 unspecified atom stereocenters. The van der Waals surface area contributed by atoms with Gasteiger partial charge in [0.1, 0.15) is 0 Å². The van der Waals surface area contributed by atoms with E-state index in [0.717, 1.165) is 49.9 Å². The van der Waals surface area contributed by atoms with Crippen LogP contribution in [0.3, 0.4) is 0 Å². The molecule has 3 aliphatic rings. The van der Waals surface area contributed by atoms with Crippen LogP contribution in [0.1, 0.15) is 84.5 Å². The summed E-state index contributed by atoms with van der Waals surface area (Å²) in [6.45, 7) is 9.91. The predicted octanol–water partition coefficient (Wildman–Crippen LogP) is 5.09. The summed E-state index contributed by atoms with van der Waals surface area (Å²) >= 11 is 0. The second kappa shape index (κ2) is 11.3. The molecular weight excluding hydrogens is 388 g/mol. The van der Waals surface area contributed by atoms with Crippen LogP contribution in [0.2, 0.25) is 0 Å². The Kier molecular flexibility index (Phi) is 8.98. The summed E-state index contributed by atoms with van der Waals surface area (Å²) in [7, 11) is 0. The zero-order chi connectivity index (χ0) is 22.4. The third-order valence-electron chi connectivity index (χ3n) is 8.30. The first-order valence-electron chi connectivity index (χ1n) is 12.5. The number of hydrogen-bond acceptors (Lipinski definition) is 4. The van der Waals surface area contributed by atoms with Crippen molar-refractivity contribution in [2.45, 2.75) is 103 Å². The molecule has 0 heterocycles. The van der Waals surface area contributed by atoms with Gasteiger partial charge in [-0.15, -0.1) is 0 Å². The normalized spacial score (nSPS) is 37.4. The van der Waals surface area contributed by atoms with Crippen molar-refractivity contribution in [3.63, 3.8) is 0 Å². The van der Waals surface area contributed by atoms with Crippen LogP contribution in [0.15, 0.2) is 35.5 Å². The van der Waals surface area contributed by atoms with Gasteiger partial charge < -0.3 is 20.1 Å². The molecule has 6 atom stereocenters. The Morgan fingerprint density at radius 3 is 2.71 bits per heavy atom. The fourth-order valence-corrected chi connectivity index (χ4v) is 6.47. The molecule has 0 aromatic carbocycles. The van der Waals surface area contributed by atoms with Gasteiger partial charge in [-0.05, 0) is 86.7 Å². The van der Waals surface area contributed by atoms with E-state index in [-0.39, 0.29) is 6.10 Å². The fourth-order valence-electron chi connectivity index (χ4n) is 6.47. The fraction of sp³-hybridized carbons (Fsp3) is 0.778. The van der Waals surface area contributed by atoms with Gasteiger partial charge in [0.25, 0.3) is 0 Å². The van der Waals surface area contributed by atoms with E-state index >= 15 is 0 Å². The average Bonchev–Trinajstić information content (AvgIpc) is 3.09. The Morgan fingerprint density at radius 1 is 1.16 bits per heavy atom. The standard InChI is InChI=1S/C27H44O4/c1-19-22(17-23(29)18-26(19)30)11-10-21-9-8-14-27(3)24(12-13-25(21)27)20(2)31-16-7-5-4-6-15-28/h10-11,20,23-26,28-30H,1,4-9,12-18H2,2-3H3/b21-10+,22-11-/t20-,23-,24-,25+,26+,27-/m1/s1. The van der Waals surface area contributed by atoms with Gasteiger partial charge >= 0.3 is 0 Å². The van der Waals surface area contributed by atoms with E-state index in [9.17, 15) is 10.2 Å². The maximum atomic E-state index is 10.1. The van der Waals surface area contributed by atoms with Crippen molar-refractivity contribution >= 4 is 0 Å². The summed E-state index contributed by atoms with van der Waals surface area (Å²) in [4.78, 5) is 0. The summed E-state index contributed by atoms with van der Waals surface area (Å²) in [5.41, 5.74) is 3.59. The van der Waals surface area contributed by atoms with Crippen molar-refractivity contribution in [3.05, 3.63) is 35.5 Å². The number of hydrogen-bond donors (Lipinski definition) is 3. The minimum Gasteiger partial charge on any atom is -0.396 e. The average molecular weight is 433 g/mol. The molecule has 0 saturated heterocycles. The second-order valence-corrected chi connectivity index (χ2v) is 10.4. The van der Waals surface area contributed by atoms with Gasteiger partial charge in [0.05, 0.1) is 18.3 Å². The molecule has 4 nitrogen and oxygen atoms in total. The molecule has 3 aliphatic carbocycles. The van der Waals surface area contributed by atoms with Gasteiger partial charge in [-0.25, -0.2) is 0 Å². The van der Waals surface area contributed by atoms with E-state index in [2.05, 4.69) is 32.6 Å². The molecule has 0 bridgehead atoms. The first kappa shape index (κ1) is 24.7. The lowest BCUT2D eigenvalue weighted by atomic mass is 9.62. The van der Waals surface area contributed by atoms with Crippen LogP contribution in [0, 0.1) is 17.3 Å². The Labute approximate surface area is 189 Å². The van der Waals surface area contributed by atoms with Gasteiger partial charge in [-0.3, -0.25) is 0 Å².